The molecule has 1 saturated heterocycles. The maximum atomic E-state index is 9.10. The Labute approximate surface area is 232 Å². The van der Waals surface area contributed by atoms with Crippen molar-refractivity contribution in [1.29, 1.82) is 5.26 Å². The molecule has 2 aliphatic heterocycles. The normalized spacial score (nSPS) is 14.6. The minimum Gasteiger partial charge on any atom is -0.472 e. The summed E-state index contributed by atoms with van der Waals surface area (Å²) in [6, 6.07) is 24.9. The highest BCUT2D eigenvalue weighted by molar-refractivity contribution is 5.83. The van der Waals surface area contributed by atoms with Crippen LogP contribution in [0.25, 0.3) is 33.9 Å². The molecule has 9 nitrogen and oxygen atoms in total. The van der Waals surface area contributed by atoms with Crippen molar-refractivity contribution in [2.24, 2.45) is 0 Å². The summed E-state index contributed by atoms with van der Waals surface area (Å²) in [5.74, 6) is 2.70. The maximum absolute atomic E-state index is 9.10. The first kappa shape index (κ1) is 24.0. The van der Waals surface area contributed by atoms with E-state index in [-0.39, 0.29) is 5.82 Å². The van der Waals surface area contributed by atoms with E-state index < -0.39 is 0 Å². The van der Waals surface area contributed by atoms with Gasteiger partial charge in [0, 0.05) is 62.4 Å². The van der Waals surface area contributed by atoms with Crippen molar-refractivity contribution in [3.63, 3.8) is 0 Å². The highest BCUT2D eigenvalue weighted by Gasteiger charge is 2.26. The maximum Gasteiger partial charge on any atom is 0.234 e. The Morgan fingerprint density at radius 1 is 0.850 bits per heavy atom. The fourth-order valence-corrected chi connectivity index (χ4v) is 5.42. The number of rotatable bonds is 5. The monoisotopic (exact) mass is 526 g/mol. The number of pyridine rings is 1. The van der Waals surface area contributed by atoms with Gasteiger partial charge in [0.1, 0.15) is 23.5 Å². The molecule has 0 unspecified atom stereocenters. The van der Waals surface area contributed by atoms with Crippen LogP contribution in [0.2, 0.25) is 0 Å². The molecule has 2 aromatic carbocycles. The highest BCUT2D eigenvalue weighted by atomic mass is 16.5. The summed E-state index contributed by atoms with van der Waals surface area (Å²) in [5.41, 5.74) is 6.30. The average Bonchev–Trinajstić information content (AvgIpc) is 3.42. The van der Waals surface area contributed by atoms with E-state index in [1.165, 1.54) is 5.56 Å². The van der Waals surface area contributed by atoms with Gasteiger partial charge in [0.2, 0.25) is 5.82 Å². The molecule has 40 heavy (non-hydrogen) atoms. The second-order valence-corrected chi connectivity index (χ2v) is 9.88. The Morgan fingerprint density at radius 3 is 2.48 bits per heavy atom. The zero-order chi connectivity index (χ0) is 26.9. The summed E-state index contributed by atoms with van der Waals surface area (Å²) in [4.78, 5) is 22.4. The van der Waals surface area contributed by atoms with Gasteiger partial charge in [-0.3, -0.25) is 14.5 Å². The molecule has 2 aliphatic rings. The number of anilines is 1. The number of hydrogen-bond acceptors (Lipinski definition) is 8. The molecule has 9 heteroatoms. The number of piperazine rings is 1. The van der Waals surface area contributed by atoms with Crippen LogP contribution in [0, 0.1) is 11.3 Å². The molecule has 196 valence electrons. The van der Waals surface area contributed by atoms with Crippen molar-refractivity contribution in [2.75, 3.05) is 31.1 Å². The Hall–Kier alpha value is -5.07. The van der Waals surface area contributed by atoms with E-state index in [4.69, 9.17) is 15.0 Å². The lowest BCUT2D eigenvalue weighted by Gasteiger charge is -2.35. The van der Waals surface area contributed by atoms with Gasteiger partial charge in [0.05, 0.1) is 17.0 Å². The molecule has 0 amide bonds. The molecule has 0 radical (unpaired) electrons. The first-order valence-corrected chi connectivity index (χ1v) is 13.3. The molecule has 0 aliphatic carbocycles. The van der Waals surface area contributed by atoms with Crippen molar-refractivity contribution < 1.29 is 4.74 Å². The fraction of sp³-hybridized carbons (Fsp3) is 0.194. The van der Waals surface area contributed by atoms with E-state index >= 15 is 0 Å². The van der Waals surface area contributed by atoms with Gasteiger partial charge in [0.15, 0.2) is 6.73 Å². The van der Waals surface area contributed by atoms with E-state index in [0.717, 1.165) is 78.2 Å². The predicted molar refractivity (Wildman–Crippen MR) is 151 cm³/mol. The largest absolute Gasteiger partial charge is 0.472 e. The molecule has 0 N–H and O–H groups in total. The van der Waals surface area contributed by atoms with Gasteiger partial charge >= 0.3 is 0 Å². The Balaban J connectivity index is 1.12. The summed E-state index contributed by atoms with van der Waals surface area (Å²) in [6.45, 7) is 4.85. The summed E-state index contributed by atoms with van der Waals surface area (Å²) in [6.07, 6.45) is 5.22. The summed E-state index contributed by atoms with van der Waals surface area (Å²) in [7, 11) is 0. The van der Waals surface area contributed by atoms with Crippen LogP contribution in [0.3, 0.4) is 0 Å². The molecule has 0 spiro atoms. The molecule has 0 atom stereocenters. The van der Waals surface area contributed by atoms with E-state index in [1.54, 1.807) is 12.4 Å². The molecule has 0 saturated carbocycles. The minimum atomic E-state index is 0.211. The van der Waals surface area contributed by atoms with Crippen molar-refractivity contribution in [3.8, 4) is 45.7 Å². The zero-order valence-electron chi connectivity index (χ0n) is 21.8. The van der Waals surface area contributed by atoms with Gasteiger partial charge in [-0.1, -0.05) is 54.6 Å². The smallest absolute Gasteiger partial charge is 0.234 e. The van der Waals surface area contributed by atoms with Gasteiger partial charge in [0.25, 0.3) is 0 Å². The molecule has 1 fully saturated rings. The lowest BCUT2D eigenvalue weighted by Crippen LogP contribution is -2.46. The van der Waals surface area contributed by atoms with Crippen molar-refractivity contribution in [1.82, 2.24) is 29.4 Å². The van der Waals surface area contributed by atoms with Crippen LogP contribution in [0.5, 0.6) is 5.75 Å². The first-order chi connectivity index (χ1) is 19.8. The standard InChI is InChI=1S/C31H26N8O/c32-18-27-34-13-11-28(35-27)38-16-14-37(15-17-38)20-22-6-8-23(9-7-22)29-30(24-4-2-1-3-5-24)39-21-40-26-10-12-33-19-25(26)31(39)36-29/h1-13,19H,14-17,20-21H2. The number of benzene rings is 2. The molecular weight excluding hydrogens is 500 g/mol. The lowest BCUT2D eigenvalue weighted by atomic mass is 10.0. The SMILES string of the molecule is N#Cc1nccc(N2CCN(Cc3ccc(-c4nc5n(c4-c4ccccc4)COc4ccncc4-5)cc3)CC2)n1. The quantitative estimate of drug-likeness (QED) is 0.328. The number of nitrogens with zero attached hydrogens (tertiary/aromatic N) is 8. The highest BCUT2D eigenvalue weighted by Crippen LogP contribution is 2.41. The van der Waals surface area contributed by atoms with E-state index in [0.29, 0.717) is 6.73 Å². The van der Waals surface area contributed by atoms with Crippen LogP contribution in [0.4, 0.5) is 5.82 Å². The van der Waals surface area contributed by atoms with Crippen molar-refractivity contribution in [3.05, 3.63) is 96.7 Å². The zero-order valence-corrected chi connectivity index (χ0v) is 21.8. The van der Waals surface area contributed by atoms with Gasteiger partial charge < -0.3 is 9.64 Å². The average molecular weight is 527 g/mol. The Morgan fingerprint density at radius 2 is 1.68 bits per heavy atom. The molecule has 5 aromatic rings. The summed E-state index contributed by atoms with van der Waals surface area (Å²) < 4.78 is 8.20. The number of imidazole rings is 1. The topological polar surface area (TPSA) is 96.0 Å². The van der Waals surface area contributed by atoms with Crippen LogP contribution < -0.4 is 9.64 Å². The lowest BCUT2D eigenvalue weighted by molar-refractivity contribution is 0.231. The van der Waals surface area contributed by atoms with Gasteiger partial charge in [-0.25, -0.2) is 15.0 Å². The fourth-order valence-electron chi connectivity index (χ4n) is 5.42. The van der Waals surface area contributed by atoms with Gasteiger partial charge in [-0.05, 0) is 17.7 Å². The van der Waals surface area contributed by atoms with Crippen molar-refractivity contribution >= 4 is 5.82 Å². The van der Waals surface area contributed by atoms with Gasteiger partial charge in [-0.2, -0.15) is 5.26 Å². The Bertz CT molecular complexity index is 1700. The number of fused-ring (bicyclic) bond motifs is 3. The van der Waals surface area contributed by atoms with Crippen LogP contribution in [0.15, 0.2) is 85.3 Å². The van der Waals surface area contributed by atoms with E-state index in [2.05, 4.69) is 65.7 Å². The number of ether oxygens (including phenoxy) is 1. The Kier molecular flexibility index (Phi) is 6.15. The molecule has 5 heterocycles. The van der Waals surface area contributed by atoms with Crippen LogP contribution in [-0.2, 0) is 13.3 Å². The van der Waals surface area contributed by atoms with E-state index in [1.807, 2.05) is 42.6 Å². The predicted octanol–water partition coefficient (Wildman–Crippen LogP) is 4.61. The second-order valence-electron chi connectivity index (χ2n) is 9.88. The second kappa shape index (κ2) is 10.2. The van der Waals surface area contributed by atoms with E-state index in [9.17, 15) is 0 Å². The first-order valence-electron chi connectivity index (χ1n) is 13.3. The number of hydrogen-bond donors (Lipinski definition) is 0. The minimum absolute atomic E-state index is 0.211. The molecule has 3 aromatic heterocycles. The molecular formula is C31H26N8O. The van der Waals surface area contributed by atoms with Crippen LogP contribution in [-0.4, -0.2) is 55.6 Å². The molecule has 0 bridgehead atoms. The van der Waals surface area contributed by atoms with Crippen LogP contribution >= 0.6 is 0 Å². The van der Waals surface area contributed by atoms with Crippen molar-refractivity contribution in [2.45, 2.75) is 13.3 Å². The third-order valence-electron chi connectivity index (χ3n) is 7.46. The number of nitriles is 1. The third-order valence-corrected chi connectivity index (χ3v) is 7.46. The molecule has 7 rings (SSSR count). The summed E-state index contributed by atoms with van der Waals surface area (Å²) in [5, 5.41) is 9.10. The summed E-state index contributed by atoms with van der Waals surface area (Å²) >= 11 is 0. The third kappa shape index (κ3) is 4.44. The van der Waals surface area contributed by atoms with Gasteiger partial charge in [-0.15, -0.1) is 0 Å². The number of aromatic nitrogens is 5. The van der Waals surface area contributed by atoms with Crippen LogP contribution in [0.1, 0.15) is 11.4 Å².